The lowest BCUT2D eigenvalue weighted by Gasteiger charge is -2.32. The Morgan fingerprint density at radius 1 is 1.00 bits per heavy atom. The summed E-state index contributed by atoms with van der Waals surface area (Å²) in [5.41, 5.74) is -0.797. The Morgan fingerprint density at radius 3 is 2.18 bits per heavy atom. The smallest absolute Gasteiger partial charge is 0.408 e. The third-order valence-corrected chi connectivity index (χ3v) is 6.61. The Balaban J connectivity index is 0.000000742. The summed E-state index contributed by atoms with van der Waals surface area (Å²) in [5.74, 6) is -5.14. The lowest BCUT2D eigenvalue weighted by molar-refractivity contribution is -0.134. The number of carboxylic acids is 2. The topological polar surface area (TPSA) is 154 Å². The molecule has 1 heterocycles. The lowest BCUT2D eigenvalue weighted by Crippen LogP contribution is -2.59. The van der Waals surface area contributed by atoms with Crippen LogP contribution >= 0.6 is 0 Å². The molecule has 2 amide bonds. The van der Waals surface area contributed by atoms with Gasteiger partial charge in [-0.05, 0) is 30.0 Å². The third-order valence-electron chi connectivity index (χ3n) is 6.61. The summed E-state index contributed by atoms with van der Waals surface area (Å²) < 4.78 is 39.4. The van der Waals surface area contributed by atoms with Crippen LogP contribution in [0.4, 0.5) is 13.6 Å². The molecule has 0 unspecified atom stereocenters. The number of rotatable bonds is 12. The molecule has 1 fully saturated rings. The molecule has 1 aliphatic rings. The van der Waals surface area contributed by atoms with Crippen LogP contribution in [0.1, 0.15) is 38.0 Å². The van der Waals surface area contributed by atoms with Crippen LogP contribution in [0.2, 0.25) is 0 Å². The number of ether oxygens (including phenoxy) is 2. The average Bonchev–Trinajstić information content (AvgIpc) is 2.98. The van der Waals surface area contributed by atoms with Gasteiger partial charge in [0.25, 0.3) is 0 Å². The van der Waals surface area contributed by atoms with Crippen LogP contribution in [0.5, 0.6) is 0 Å². The van der Waals surface area contributed by atoms with Gasteiger partial charge in [-0.2, -0.15) is 0 Å². The molecule has 3 rings (SSSR count). The van der Waals surface area contributed by atoms with Crippen molar-refractivity contribution in [2.24, 2.45) is 5.92 Å². The Morgan fingerprint density at radius 2 is 1.61 bits per heavy atom. The van der Waals surface area contributed by atoms with E-state index in [-0.39, 0.29) is 17.9 Å². The molecule has 1 saturated heterocycles. The van der Waals surface area contributed by atoms with E-state index in [2.05, 4.69) is 15.5 Å². The Kier molecular flexibility index (Phi) is 14.4. The van der Waals surface area contributed by atoms with E-state index in [9.17, 15) is 28.0 Å². The average molecular weight is 620 g/mol. The van der Waals surface area contributed by atoms with Crippen LogP contribution in [0.3, 0.4) is 0 Å². The van der Waals surface area contributed by atoms with Gasteiger partial charge in [-0.3, -0.25) is 9.69 Å². The molecule has 0 bridgehead atoms. The van der Waals surface area contributed by atoms with E-state index in [1.807, 2.05) is 44.2 Å². The predicted molar refractivity (Wildman–Crippen MR) is 157 cm³/mol. The molecule has 11 nitrogen and oxygen atoms in total. The van der Waals surface area contributed by atoms with E-state index >= 15 is 0 Å². The number of aliphatic carboxylic acids is 2. The predicted octanol–water partition coefficient (Wildman–Crippen LogP) is 3.55. The summed E-state index contributed by atoms with van der Waals surface area (Å²) in [6, 6.07) is 13.1. The molecular weight excluding hydrogens is 580 g/mol. The summed E-state index contributed by atoms with van der Waals surface area (Å²) in [5, 5.41) is 21.1. The van der Waals surface area contributed by atoms with E-state index in [0.29, 0.717) is 38.5 Å². The summed E-state index contributed by atoms with van der Waals surface area (Å²) in [4.78, 5) is 47.6. The SMILES string of the molecule is CC(C)[C@H](OC(=O)N[C@](C)(Cc1cccc(F)c1F)C(=O)NCCN1CCOCC1)c1ccccc1.O=C(O)/C=C/C(=O)O. The number of carboxylic acid groups (broad SMARTS) is 2. The number of carbonyl (C=O) groups is 4. The molecule has 0 saturated carbocycles. The van der Waals surface area contributed by atoms with Crippen molar-refractivity contribution < 1.29 is 47.6 Å². The first-order valence-electron chi connectivity index (χ1n) is 14.0. The van der Waals surface area contributed by atoms with Crippen molar-refractivity contribution in [1.82, 2.24) is 15.5 Å². The molecule has 0 spiro atoms. The van der Waals surface area contributed by atoms with Crippen molar-refractivity contribution >= 4 is 23.9 Å². The van der Waals surface area contributed by atoms with Crippen LogP contribution in [0.25, 0.3) is 0 Å². The minimum absolute atomic E-state index is 0.0235. The monoisotopic (exact) mass is 619 g/mol. The number of hydrogen-bond acceptors (Lipinski definition) is 7. The second kappa shape index (κ2) is 17.7. The maximum atomic E-state index is 14.5. The molecular formula is C31H39F2N3O8. The molecule has 2 atom stereocenters. The van der Waals surface area contributed by atoms with Crippen molar-refractivity contribution in [3.8, 4) is 0 Å². The highest BCUT2D eigenvalue weighted by atomic mass is 19.2. The quantitative estimate of drug-likeness (QED) is 0.261. The van der Waals surface area contributed by atoms with Crippen LogP contribution in [-0.4, -0.2) is 84.0 Å². The molecule has 240 valence electrons. The minimum atomic E-state index is -1.59. The fourth-order valence-electron chi connectivity index (χ4n) is 4.34. The van der Waals surface area contributed by atoms with Gasteiger partial charge in [-0.25, -0.2) is 23.2 Å². The normalized spacial score (nSPS) is 15.4. The number of alkyl carbamates (subject to hydrolysis) is 1. The van der Waals surface area contributed by atoms with Gasteiger partial charge in [0.1, 0.15) is 11.6 Å². The van der Waals surface area contributed by atoms with E-state index < -0.39 is 47.2 Å². The van der Waals surface area contributed by atoms with Gasteiger partial charge in [0.05, 0.1) is 13.2 Å². The molecule has 44 heavy (non-hydrogen) atoms. The molecule has 13 heteroatoms. The Labute approximate surface area is 254 Å². The summed E-state index contributed by atoms with van der Waals surface area (Å²) in [6.07, 6.45) is -0.511. The highest BCUT2D eigenvalue weighted by molar-refractivity contribution is 5.90. The zero-order chi connectivity index (χ0) is 32.7. The molecule has 0 aromatic heterocycles. The van der Waals surface area contributed by atoms with Crippen molar-refractivity contribution in [2.75, 3.05) is 39.4 Å². The molecule has 0 aliphatic carbocycles. The number of carbonyl (C=O) groups excluding carboxylic acids is 2. The highest BCUT2D eigenvalue weighted by Gasteiger charge is 2.37. The minimum Gasteiger partial charge on any atom is -0.478 e. The second-order valence-corrected chi connectivity index (χ2v) is 10.5. The number of nitrogens with one attached hydrogen (secondary N) is 2. The number of benzene rings is 2. The number of morpholine rings is 1. The van der Waals surface area contributed by atoms with Crippen LogP contribution in [-0.2, 0) is 30.3 Å². The van der Waals surface area contributed by atoms with Gasteiger partial charge >= 0.3 is 18.0 Å². The molecule has 0 radical (unpaired) electrons. The first-order chi connectivity index (χ1) is 20.8. The number of nitrogens with zero attached hydrogens (tertiary/aromatic N) is 1. The number of amides is 2. The Bertz CT molecular complexity index is 1270. The van der Waals surface area contributed by atoms with Gasteiger partial charge in [0.15, 0.2) is 11.6 Å². The third kappa shape index (κ3) is 12.1. The standard InChI is InChI=1S/C27H35F2N3O4.C4H4O4/c1-19(2)24(20-8-5-4-6-9-20)36-26(34)31-27(3,18-21-10-7-11-22(28)23(21)29)25(33)30-12-13-32-14-16-35-17-15-32;5-3(6)1-2-4(7)8/h4-11,19,24H,12-18H2,1-3H3,(H,30,33)(H,31,34);1-2H,(H,5,6)(H,7,8)/b;2-1+/t24-,27+;/m0./s1. The van der Waals surface area contributed by atoms with Crippen LogP contribution < -0.4 is 10.6 Å². The first-order valence-corrected chi connectivity index (χ1v) is 14.0. The number of halogens is 2. The lowest BCUT2D eigenvalue weighted by atomic mass is 9.91. The molecule has 4 N–H and O–H groups in total. The zero-order valence-electron chi connectivity index (χ0n) is 24.9. The van der Waals surface area contributed by atoms with Gasteiger partial charge in [-0.1, -0.05) is 56.3 Å². The molecule has 1 aliphatic heterocycles. The largest absolute Gasteiger partial charge is 0.478 e. The van der Waals surface area contributed by atoms with Gasteiger partial charge in [0.2, 0.25) is 5.91 Å². The van der Waals surface area contributed by atoms with E-state index in [4.69, 9.17) is 19.7 Å². The number of hydrogen-bond donors (Lipinski definition) is 4. The summed E-state index contributed by atoms with van der Waals surface area (Å²) >= 11 is 0. The Hall–Kier alpha value is -4.36. The first kappa shape index (κ1) is 35.8. The van der Waals surface area contributed by atoms with E-state index in [0.717, 1.165) is 24.7 Å². The zero-order valence-corrected chi connectivity index (χ0v) is 24.9. The van der Waals surface area contributed by atoms with E-state index in [1.165, 1.54) is 19.1 Å². The van der Waals surface area contributed by atoms with Gasteiger partial charge in [-0.15, -0.1) is 0 Å². The van der Waals surface area contributed by atoms with Crippen molar-refractivity contribution in [3.63, 3.8) is 0 Å². The fraction of sp³-hybridized carbons (Fsp3) is 0.419. The van der Waals surface area contributed by atoms with Crippen LogP contribution in [0.15, 0.2) is 60.7 Å². The molecule has 2 aromatic carbocycles. The van der Waals surface area contributed by atoms with Crippen molar-refractivity contribution in [2.45, 2.75) is 38.8 Å². The van der Waals surface area contributed by atoms with Gasteiger partial charge in [0, 0.05) is 44.8 Å². The maximum absolute atomic E-state index is 14.5. The van der Waals surface area contributed by atoms with E-state index in [1.54, 1.807) is 0 Å². The highest BCUT2D eigenvalue weighted by Crippen LogP contribution is 2.26. The van der Waals surface area contributed by atoms with Crippen LogP contribution in [0, 0.1) is 17.6 Å². The van der Waals surface area contributed by atoms with Crippen molar-refractivity contribution in [1.29, 1.82) is 0 Å². The summed E-state index contributed by atoms with van der Waals surface area (Å²) in [6.45, 7) is 9.06. The summed E-state index contributed by atoms with van der Waals surface area (Å²) in [7, 11) is 0. The fourth-order valence-corrected chi connectivity index (χ4v) is 4.34. The van der Waals surface area contributed by atoms with Crippen molar-refractivity contribution in [3.05, 3.63) is 83.4 Å². The second-order valence-electron chi connectivity index (χ2n) is 10.5. The van der Waals surface area contributed by atoms with Gasteiger partial charge < -0.3 is 30.3 Å². The maximum Gasteiger partial charge on any atom is 0.408 e. The molecule has 2 aromatic rings.